The number of nitrogens with two attached hydrogens (primary N) is 1. The van der Waals surface area contributed by atoms with Gasteiger partial charge in [0.1, 0.15) is 24.2 Å². The highest BCUT2D eigenvalue weighted by atomic mass is 31.2. The van der Waals surface area contributed by atoms with Crippen molar-refractivity contribution in [1.29, 1.82) is 0 Å². The molecule has 3 atom stereocenters. The maximum Gasteiger partial charge on any atom is 0.367 e. The van der Waals surface area contributed by atoms with Crippen molar-refractivity contribution in [3.63, 3.8) is 0 Å². The van der Waals surface area contributed by atoms with Gasteiger partial charge in [-0.2, -0.15) is 0 Å². The average molecular weight is 587 g/mol. The zero-order valence-electron chi connectivity index (χ0n) is 24.0. The second-order valence-electron chi connectivity index (χ2n) is 10.6. The molecule has 1 saturated heterocycles. The van der Waals surface area contributed by atoms with E-state index in [1.165, 1.54) is 23.5 Å². The third-order valence-electron chi connectivity index (χ3n) is 7.02. The molecular formula is C27H39N8O5P. The molecule has 13 nitrogen and oxygen atoms in total. The molecule has 0 aliphatic carbocycles. The maximum absolute atomic E-state index is 14.4. The third-order valence-corrected chi connectivity index (χ3v) is 9.34. The Morgan fingerprint density at radius 1 is 1.15 bits per heavy atom. The fourth-order valence-corrected chi connectivity index (χ4v) is 7.20. The van der Waals surface area contributed by atoms with Gasteiger partial charge in [0.05, 0.1) is 24.7 Å². The van der Waals surface area contributed by atoms with Gasteiger partial charge in [-0.25, -0.2) is 19.6 Å². The van der Waals surface area contributed by atoms with Crippen molar-refractivity contribution >= 4 is 36.2 Å². The van der Waals surface area contributed by atoms with E-state index in [1.54, 1.807) is 24.7 Å². The van der Waals surface area contributed by atoms with Gasteiger partial charge < -0.3 is 24.8 Å². The molecule has 1 fully saturated rings. The summed E-state index contributed by atoms with van der Waals surface area (Å²) in [6.07, 6.45) is 3.50. The molecule has 0 amide bonds. The maximum atomic E-state index is 14.4. The number of ether oxygens (including phenoxy) is 1. The Labute approximate surface area is 239 Å². The van der Waals surface area contributed by atoms with Gasteiger partial charge >= 0.3 is 13.5 Å². The number of aromatic nitrogens is 4. The molecule has 3 aromatic rings. The summed E-state index contributed by atoms with van der Waals surface area (Å²) in [5.41, 5.74) is 8.96. The van der Waals surface area contributed by atoms with Gasteiger partial charge in [0, 0.05) is 38.5 Å². The third kappa shape index (κ3) is 7.68. The lowest BCUT2D eigenvalue weighted by atomic mass is 10.1. The number of nitrogen functional groups attached to an aromatic ring is 1. The van der Waals surface area contributed by atoms with E-state index >= 15 is 0 Å². The van der Waals surface area contributed by atoms with Gasteiger partial charge in [-0.05, 0) is 33.3 Å². The zero-order valence-corrected chi connectivity index (χ0v) is 24.9. The highest BCUT2D eigenvalue weighted by Crippen LogP contribution is 2.54. The minimum absolute atomic E-state index is 0.278. The van der Waals surface area contributed by atoms with Crippen LogP contribution in [-0.4, -0.2) is 83.5 Å². The van der Waals surface area contributed by atoms with Crippen LogP contribution >= 0.6 is 7.52 Å². The number of oxime groups is 1. The summed E-state index contributed by atoms with van der Waals surface area (Å²) in [5, 5.41) is 14.1. The first-order chi connectivity index (χ1) is 19.6. The zero-order chi connectivity index (χ0) is 29.6. The van der Waals surface area contributed by atoms with Crippen molar-refractivity contribution in [2.45, 2.75) is 71.8 Å². The first-order valence-corrected chi connectivity index (χ1v) is 15.5. The van der Waals surface area contributed by atoms with E-state index in [4.69, 9.17) is 15.1 Å². The van der Waals surface area contributed by atoms with Crippen molar-refractivity contribution in [3.05, 3.63) is 48.5 Å². The molecule has 0 bridgehead atoms. The van der Waals surface area contributed by atoms with Gasteiger partial charge in [0.15, 0.2) is 11.5 Å². The number of likely N-dealkylation sites (tertiary alicyclic amines) is 1. The van der Waals surface area contributed by atoms with Crippen LogP contribution in [0.4, 0.5) is 5.82 Å². The molecule has 14 heteroatoms. The van der Waals surface area contributed by atoms with Crippen LogP contribution in [0.5, 0.6) is 0 Å². The molecule has 1 aromatic carbocycles. The lowest BCUT2D eigenvalue weighted by Gasteiger charge is -2.35. The summed E-state index contributed by atoms with van der Waals surface area (Å²) in [7, 11) is -3.87. The van der Waals surface area contributed by atoms with E-state index < -0.39 is 31.7 Å². The monoisotopic (exact) mass is 586 g/mol. The van der Waals surface area contributed by atoms with Crippen LogP contribution in [0.2, 0.25) is 0 Å². The van der Waals surface area contributed by atoms with Crippen molar-refractivity contribution in [2.24, 2.45) is 5.16 Å². The number of rotatable bonds is 13. The Balaban J connectivity index is 1.45. The van der Waals surface area contributed by atoms with Crippen LogP contribution in [0.25, 0.3) is 11.2 Å². The fourth-order valence-electron chi connectivity index (χ4n) is 4.92. The van der Waals surface area contributed by atoms with Crippen molar-refractivity contribution in [2.75, 3.05) is 25.2 Å². The van der Waals surface area contributed by atoms with Crippen LogP contribution in [-0.2, 0) is 31.8 Å². The average Bonchev–Trinajstić information content (AvgIpc) is 3.36. The van der Waals surface area contributed by atoms with E-state index in [-0.39, 0.29) is 12.2 Å². The largest absolute Gasteiger partial charge is 0.480 e. The van der Waals surface area contributed by atoms with E-state index in [2.05, 4.69) is 37.1 Å². The molecule has 0 radical (unpaired) electrons. The molecule has 41 heavy (non-hydrogen) atoms. The first-order valence-electron chi connectivity index (χ1n) is 13.7. The summed E-state index contributed by atoms with van der Waals surface area (Å²) in [6.45, 7) is 9.62. The molecule has 1 aliphatic heterocycles. The molecule has 3 heterocycles. The Morgan fingerprint density at radius 3 is 2.51 bits per heavy atom. The molecule has 1 aliphatic rings. The molecule has 3 unspecified atom stereocenters. The number of imidazole rings is 1. The second-order valence-corrected chi connectivity index (χ2v) is 12.7. The SMILES string of the molecule is CC(Cn1cnc2c(N)ncnc21)OCP(=O)(ON=C1CCN(Cc2ccccc2)CC1)N(C(C)C)C(C)C(=O)O. The Kier molecular flexibility index (Phi) is 10.1. The molecule has 4 rings (SSSR count). The molecule has 0 spiro atoms. The predicted molar refractivity (Wildman–Crippen MR) is 156 cm³/mol. The lowest BCUT2D eigenvalue weighted by Crippen LogP contribution is -2.42. The quantitative estimate of drug-likeness (QED) is 0.221. The molecular weight excluding hydrogens is 547 g/mol. The van der Waals surface area contributed by atoms with E-state index in [9.17, 15) is 14.5 Å². The van der Waals surface area contributed by atoms with Crippen molar-refractivity contribution in [1.82, 2.24) is 29.1 Å². The normalized spacial score (nSPS) is 17.5. The topological polar surface area (TPSA) is 161 Å². The highest BCUT2D eigenvalue weighted by molar-refractivity contribution is 7.56. The number of carboxylic acids is 1. The number of piperidine rings is 1. The first kappa shape index (κ1) is 30.6. The van der Waals surface area contributed by atoms with Crippen LogP contribution in [0.1, 0.15) is 46.1 Å². The smallest absolute Gasteiger partial charge is 0.367 e. The number of benzene rings is 1. The van der Waals surface area contributed by atoms with E-state index in [0.29, 0.717) is 30.6 Å². The minimum Gasteiger partial charge on any atom is -0.480 e. The number of carbonyl (C=O) groups is 1. The Hall–Kier alpha value is -3.38. The second kappa shape index (κ2) is 13.5. The van der Waals surface area contributed by atoms with Crippen molar-refractivity contribution < 1.29 is 23.8 Å². The number of carboxylic acid groups (broad SMARTS) is 1. The summed E-state index contributed by atoms with van der Waals surface area (Å²) >= 11 is 0. The van der Waals surface area contributed by atoms with Crippen LogP contribution in [0, 0.1) is 0 Å². The summed E-state index contributed by atoms with van der Waals surface area (Å²) in [6, 6.07) is 8.78. The van der Waals surface area contributed by atoms with Gasteiger partial charge in [-0.1, -0.05) is 35.5 Å². The summed E-state index contributed by atoms with van der Waals surface area (Å²) < 4.78 is 29.3. The van der Waals surface area contributed by atoms with Gasteiger partial charge in [-0.3, -0.25) is 14.3 Å². The number of nitrogens with zero attached hydrogens (tertiary/aromatic N) is 7. The van der Waals surface area contributed by atoms with Crippen LogP contribution < -0.4 is 5.73 Å². The lowest BCUT2D eigenvalue weighted by molar-refractivity contribution is -0.141. The van der Waals surface area contributed by atoms with Crippen molar-refractivity contribution in [3.8, 4) is 0 Å². The number of hydrogen-bond donors (Lipinski definition) is 2. The fraction of sp³-hybridized carbons (Fsp3) is 0.519. The van der Waals surface area contributed by atoms with Gasteiger partial charge in [0.2, 0.25) is 0 Å². The standard InChI is InChI=1S/C27H39N8O5P/c1-19(2)35(21(4)27(36)37)41(38,18-39-20(3)14-34-17-31-24-25(28)29-16-30-26(24)34)40-32-23-10-12-33(13-11-23)15-22-8-6-5-7-9-22/h5-9,16-17,19-21H,10-15,18H2,1-4H3,(H,36,37)(H2,28,29,30). The molecule has 222 valence electrons. The van der Waals surface area contributed by atoms with Gasteiger partial charge in [-0.15, -0.1) is 0 Å². The number of aliphatic carboxylic acids is 1. The summed E-state index contributed by atoms with van der Waals surface area (Å²) in [5.74, 6) is -0.833. The Bertz CT molecular complexity index is 1390. The van der Waals surface area contributed by atoms with Crippen LogP contribution in [0.15, 0.2) is 48.1 Å². The summed E-state index contributed by atoms with van der Waals surface area (Å²) in [4.78, 5) is 26.8. The minimum atomic E-state index is -3.87. The number of anilines is 1. The molecule has 3 N–H and O–H groups in total. The van der Waals surface area contributed by atoms with E-state index in [0.717, 1.165) is 25.3 Å². The predicted octanol–water partition coefficient (Wildman–Crippen LogP) is 3.82. The molecule has 2 aromatic heterocycles. The van der Waals surface area contributed by atoms with Crippen LogP contribution in [0.3, 0.4) is 0 Å². The molecule has 0 saturated carbocycles. The van der Waals surface area contributed by atoms with Gasteiger partial charge in [0.25, 0.3) is 0 Å². The highest BCUT2D eigenvalue weighted by Gasteiger charge is 2.42. The van der Waals surface area contributed by atoms with E-state index in [1.807, 2.05) is 25.1 Å². The number of fused-ring (bicyclic) bond motifs is 1. The Morgan fingerprint density at radius 2 is 1.85 bits per heavy atom. The number of hydrogen-bond acceptors (Lipinski definition) is 10.